The van der Waals surface area contributed by atoms with Crippen LogP contribution in [0.4, 0.5) is 0 Å². The number of nitrogens with one attached hydrogen (secondary N) is 1. The Balaban J connectivity index is 1.74. The summed E-state index contributed by atoms with van der Waals surface area (Å²) < 4.78 is 1.81. The smallest absolute Gasteiger partial charge is 0.289 e. The van der Waals surface area contributed by atoms with E-state index >= 15 is 0 Å². The SMILES string of the molecule is Cn1ccnc1C(=O)N1CCCC2(CCCNC2)C1. The summed E-state index contributed by atoms with van der Waals surface area (Å²) in [5.41, 5.74) is 0.303. The Morgan fingerprint density at radius 3 is 2.95 bits per heavy atom. The van der Waals surface area contributed by atoms with Crippen LogP contribution in [0.2, 0.25) is 0 Å². The van der Waals surface area contributed by atoms with Crippen LogP contribution in [0.3, 0.4) is 0 Å². The molecule has 2 aliphatic heterocycles. The molecule has 1 atom stereocenters. The number of hydrogen-bond acceptors (Lipinski definition) is 3. The molecule has 5 heteroatoms. The van der Waals surface area contributed by atoms with Crippen molar-refractivity contribution in [2.45, 2.75) is 25.7 Å². The van der Waals surface area contributed by atoms with Crippen LogP contribution in [0.5, 0.6) is 0 Å². The van der Waals surface area contributed by atoms with E-state index in [1.165, 1.54) is 19.3 Å². The first kappa shape index (κ1) is 12.7. The second-order valence-electron chi connectivity index (χ2n) is 5.97. The number of likely N-dealkylation sites (tertiary alicyclic amines) is 1. The van der Waals surface area contributed by atoms with Gasteiger partial charge >= 0.3 is 0 Å². The molecule has 1 aromatic heterocycles. The van der Waals surface area contributed by atoms with Crippen LogP contribution in [0.1, 0.15) is 36.3 Å². The summed E-state index contributed by atoms with van der Waals surface area (Å²) >= 11 is 0. The molecule has 0 saturated carbocycles. The molecule has 3 rings (SSSR count). The average Bonchev–Trinajstić information content (AvgIpc) is 2.85. The third-order valence-corrected chi connectivity index (χ3v) is 4.52. The average molecular weight is 262 g/mol. The van der Waals surface area contributed by atoms with Crippen LogP contribution < -0.4 is 5.32 Å². The second kappa shape index (κ2) is 4.96. The van der Waals surface area contributed by atoms with Gasteiger partial charge in [-0.2, -0.15) is 0 Å². The van der Waals surface area contributed by atoms with Gasteiger partial charge in [0, 0.05) is 44.5 Å². The zero-order valence-corrected chi connectivity index (χ0v) is 11.6. The number of aryl methyl sites for hydroxylation is 1. The van der Waals surface area contributed by atoms with Crippen molar-refractivity contribution in [1.82, 2.24) is 19.8 Å². The van der Waals surface area contributed by atoms with E-state index in [9.17, 15) is 4.79 Å². The maximum atomic E-state index is 12.5. The molecule has 1 spiro atoms. The Bertz CT molecular complexity index is 456. The minimum atomic E-state index is 0.0807. The van der Waals surface area contributed by atoms with E-state index in [2.05, 4.69) is 10.3 Å². The molecule has 2 aliphatic rings. The highest BCUT2D eigenvalue weighted by Gasteiger charge is 2.38. The highest BCUT2D eigenvalue weighted by molar-refractivity contribution is 5.90. The van der Waals surface area contributed by atoms with Gasteiger partial charge in [-0.25, -0.2) is 4.98 Å². The largest absolute Gasteiger partial charge is 0.335 e. The molecule has 1 aromatic rings. The Morgan fingerprint density at radius 2 is 2.26 bits per heavy atom. The van der Waals surface area contributed by atoms with Crippen LogP contribution in [-0.2, 0) is 7.05 Å². The van der Waals surface area contributed by atoms with Crippen molar-refractivity contribution in [1.29, 1.82) is 0 Å². The van der Waals surface area contributed by atoms with Crippen molar-refractivity contribution in [2.75, 3.05) is 26.2 Å². The number of piperidine rings is 2. The molecule has 19 heavy (non-hydrogen) atoms. The van der Waals surface area contributed by atoms with Gasteiger partial charge in [-0.3, -0.25) is 4.79 Å². The molecule has 3 heterocycles. The number of hydrogen-bond donors (Lipinski definition) is 1. The maximum Gasteiger partial charge on any atom is 0.289 e. The van der Waals surface area contributed by atoms with Gasteiger partial charge in [0.15, 0.2) is 5.82 Å². The number of aromatic nitrogens is 2. The van der Waals surface area contributed by atoms with E-state index in [1.54, 1.807) is 6.20 Å². The lowest BCUT2D eigenvalue weighted by Gasteiger charge is -2.45. The van der Waals surface area contributed by atoms with E-state index in [0.29, 0.717) is 11.2 Å². The zero-order valence-electron chi connectivity index (χ0n) is 11.6. The predicted molar refractivity (Wildman–Crippen MR) is 72.9 cm³/mol. The monoisotopic (exact) mass is 262 g/mol. The van der Waals surface area contributed by atoms with Gasteiger partial charge in [-0.15, -0.1) is 0 Å². The molecule has 2 fully saturated rings. The molecule has 104 valence electrons. The third-order valence-electron chi connectivity index (χ3n) is 4.52. The minimum absolute atomic E-state index is 0.0807. The zero-order chi connectivity index (χ0) is 13.3. The lowest BCUT2D eigenvalue weighted by Crippen LogP contribution is -2.52. The van der Waals surface area contributed by atoms with E-state index in [1.807, 2.05) is 22.7 Å². The van der Waals surface area contributed by atoms with E-state index < -0.39 is 0 Å². The van der Waals surface area contributed by atoms with Gasteiger partial charge in [-0.1, -0.05) is 0 Å². The molecular formula is C14H22N4O. The van der Waals surface area contributed by atoms with Crippen LogP contribution in [-0.4, -0.2) is 46.5 Å². The van der Waals surface area contributed by atoms with Crippen molar-refractivity contribution >= 4 is 5.91 Å². The van der Waals surface area contributed by atoms with E-state index in [4.69, 9.17) is 0 Å². The van der Waals surface area contributed by atoms with Crippen molar-refractivity contribution in [3.05, 3.63) is 18.2 Å². The molecule has 5 nitrogen and oxygen atoms in total. The van der Waals surface area contributed by atoms with Gasteiger partial charge in [0.1, 0.15) is 0 Å². The summed E-state index contributed by atoms with van der Waals surface area (Å²) in [4.78, 5) is 18.7. The number of rotatable bonds is 1. The number of imidazole rings is 1. The van der Waals surface area contributed by atoms with E-state index in [-0.39, 0.29) is 5.91 Å². The van der Waals surface area contributed by atoms with Gasteiger partial charge in [0.25, 0.3) is 5.91 Å². The number of amides is 1. The van der Waals surface area contributed by atoms with Gasteiger partial charge in [-0.05, 0) is 32.2 Å². The molecule has 0 bridgehead atoms. The van der Waals surface area contributed by atoms with Crippen LogP contribution in [0.25, 0.3) is 0 Å². The quantitative estimate of drug-likeness (QED) is 0.822. The van der Waals surface area contributed by atoms with Crippen LogP contribution in [0.15, 0.2) is 12.4 Å². The summed E-state index contributed by atoms with van der Waals surface area (Å²) in [6.07, 6.45) is 8.33. The van der Waals surface area contributed by atoms with E-state index in [0.717, 1.165) is 32.6 Å². The fraction of sp³-hybridized carbons (Fsp3) is 0.714. The lowest BCUT2D eigenvalue weighted by molar-refractivity contribution is 0.0421. The number of carbonyl (C=O) groups is 1. The molecule has 0 radical (unpaired) electrons. The Morgan fingerprint density at radius 1 is 1.42 bits per heavy atom. The van der Waals surface area contributed by atoms with Crippen LogP contribution in [0, 0.1) is 5.41 Å². The number of carbonyl (C=O) groups excluding carboxylic acids is 1. The summed E-state index contributed by atoms with van der Waals surface area (Å²) in [7, 11) is 1.88. The Hall–Kier alpha value is -1.36. The van der Waals surface area contributed by atoms with Crippen molar-refractivity contribution < 1.29 is 4.79 Å². The first-order valence-corrected chi connectivity index (χ1v) is 7.18. The predicted octanol–water partition coefficient (Wildman–Crippen LogP) is 1.03. The second-order valence-corrected chi connectivity index (χ2v) is 5.97. The first-order chi connectivity index (χ1) is 9.20. The normalized spacial score (nSPS) is 27.7. The Labute approximate surface area is 114 Å². The van der Waals surface area contributed by atoms with Crippen molar-refractivity contribution in [3.63, 3.8) is 0 Å². The summed E-state index contributed by atoms with van der Waals surface area (Å²) in [6, 6.07) is 0. The molecule has 0 aliphatic carbocycles. The third kappa shape index (κ3) is 2.39. The minimum Gasteiger partial charge on any atom is -0.335 e. The van der Waals surface area contributed by atoms with Gasteiger partial charge in [0.2, 0.25) is 0 Å². The summed E-state index contributed by atoms with van der Waals surface area (Å²) in [5.74, 6) is 0.637. The highest BCUT2D eigenvalue weighted by Crippen LogP contribution is 2.36. The molecule has 2 saturated heterocycles. The molecule has 0 aromatic carbocycles. The van der Waals surface area contributed by atoms with Crippen molar-refractivity contribution in [3.8, 4) is 0 Å². The summed E-state index contributed by atoms with van der Waals surface area (Å²) in [5, 5.41) is 3.49. The topological polar surface area (TPSA) is 50.2 Å². The van der Waals surface area contributed by atoms with Gasteiger partial charge < -0.3 is 14.8 Å². The fourth-order valence-electron chi connectivity index (χ4n) is 3.47. The molecule has 1 amide bonds. The molecular weight excluding hydrogens is 240 g/mol. The standard InChI is InChI=1S/C14H22N4O/c1-17-9-7-16-12(17)13(19)18-8-3-5-14(11-18)4-2-6-15-10-14/h7,9,15H,2-6,8,10-11H2,1H3. The highest BCUT2D eigenvalue weighted by atomic mass is 16.2. The maximum absolute atomic E-state index is 12.5. The van der Waals surface area contributed by atoms with Crippen LogP contribution >= 0.6 is 0 Å². The summed E-state index contributed by atoms with van der Waals surface area (Å²) in [6.45, 7) is 3.92. The lowest BCUT2D eigenvalue weighted by atomic mass is 9.74. The first-order valence-electron chi connectivity index (χ1n) is 7.18. The molecule has 1 unspecified atom stereocenters. The van der Waals surface area contributed by atoms with Crippen molar-refractivity contribution in [2.24, 2.45) is 12.5 Å². The molecule has 1 N–H and O–H groups in total. The number of nitrogens with zero attached hydrogens (tertiary/aromatic N) is 3. The Kier molecular flexibility index (Phi) is 3.31. The van der Waals surface area contributed by atoms with Gasteiger partial charge in [0.05, 0.1) is 0 Å². The fourth-order valence-corrected chi connectivity index (χ4v) is 3.47.